The summed E-state index contributed by atoms with van der Waals surface area (Å²) in [5.74, 6) is 0.116. The van der Waals surface area contributed by atoms with E-state index in [1.807, 2.05) is 13.8 Å². The van der Waals surface area contributed by atoms with Crippen LogP contribution in [0.2, 0.25) is 0 Å². The molecule has 0 N–H and O–H groups in total. The molecule has 0 spiro atoms. The lowest BCUT2D eigenvalue weighted by atomic mass is 9.73. The van der Waals surface area contributed by atoms with E-state index in [4.69, 9.17) is 4.74 Å². The molecule has 0 rings (SSSR count). The molecule has 0 aliphatic heterocycles. The molecule has 0 saturated heterocycles. The third kappa shape index (κ3) is 3.84. The van der Waals surface area contributed by atoms with Crippen molar-refractivity contribution in [2.75, 3.05) is 0 Å². The van der Waals surface area contributed by atoms with Crippen LogP contribution in [0.1, 0.15) is 41.5 Å². The zero-order valence-corrected chi connectivity index (χ0v) is 9.89. The molecule has 2 nitrogen and oxygen atoms in total. The van der Waals surface area contributed by atoms with E-state index in [1.54, 1.807) is 0 Å². The van der Waals surface area contributed by atoms with Crippen molar-refractivity contribution in [3.05, 3.63) is 0 Å². The Morgan fingerprint density at radius 1 is 1.23 bits per heavy atom. The van der Waals surface area contributed by atoms with Crippen molar-refractivity contribution >= 4 is 13.7 Å². The van der Waals surface area contributed by atoms with E-state index in [9.17, 15) is 4.79 Å². The minimum atomic E-state index is -0.385. The molecule has 0 amide bonds. The van der Waals surface area contributed by atoms with Gasteiger partial charge in [0.05, 0.1) is 0 Å². The number of rotatable bonds is 2. The molecule has 13 heavy (non-hydrogen) atoms. The van der Waals surface area contributed by atoms with Gasteiger partial charge in [-0.3, -0.25) is 4.79 Å². The van der Waals surface area contributed by atoms with E-state index in [0.29, 0.717) is 5.92 Å². The Hall–Kier alpha value is -0.465. The first-order chi connectivity index (χ1) is 5.57. The first kappa shape index (κ1) is 12.5. The van der Waals surface area contributed by atoms with Gasteiger partial charge in [-0.05, 0) is 19.3 Å². The molecule has 0 fully saturated rings. The summed E-state index contributed by atoms with van der Waals surface area (Å²) in [6, 6.07) is 0. The highest BCUT2D eigenvalue weighted by atomic mass is 16.5. The van der Waals surface area contributed by atoms with Gasteiger partial charge in [0.15, 0.2) is 0 Å². The van der Waals surface area contributed by atoms with E-state index in [0.717, 1.165) is 0 Å². The average Bonchev–Trinajstić information content (AvgIpc) is 1.80. The lowest BCUT2D eigenvalue weighted by Crippen LogP contribution is -2.41. The fourth-order valence-corrected chi connectivity index (χ4v) is 1.50. The Labute approximate surface area is 82.5 Å². The summed E-state index contributed by atoms with van der Waals surface area (Å²) in [6.07, 6.45) is 0. The van der Waals surface area contributed by atoms with Gasteiger partial charge >= 0.3 is 0 Å². The topological polar surface area (TPSA) is 26.3 Å². The number of hydrogen-bond donors (Lipinski definition) is 0. The highest BCUT2D eigenvalue weighted by Gasteiger charge is 2.36. The predicted octanol–water partition coefficient (Wildman–Crippen LogP) is 2.22. The summed E-state index contributed by atoms with van der Waals surface area (Å²) in [5, 5.41) is 0. The van der Waals surface area contributed by atoms with E-state index in [-0.39, 0.29) is 16.9 Å². The molecule has 1 unspecified atom stereocenters. The van der Waals surface area contributed by atoms with Crippen molar-refractivity contribution < 1.29 is 9.53 Å². The second-order valence-corrected chi connectivity index (χ2v) is 5.28. The summed E-state index contributed by atoms with van der Waals surface area (Å²) in [4.78, 5) is 10.9. The second-order valence-electron chi connectivity index (χ2n) is 5.28. The Morgan fingerprint density at radius 3 is 1.85 bits per heavy atom. The van der Waals surface area contributed by atoms with E-state index >= 15 is 0 Å². The van der Waals surface area contributed by atoms with Crippen molar-refractivity contribution in [3.8, 4) is 0 Å². The maximum atomic E-state index is 10.9. The van der Waals surface area contributed by atoms with Crippen molar-refractivity contribution in [2.24, 2.45) is 11.3 Å². The molecule has 0 aliphatic carbocycles. The molecule has 0 bridgehead atoms. The van der Waals surface area contributed by atoms with Crippen LogP contribution in [0.5, 0.6) is 0 Å². The van der Waals surface area contributed by atoms with Gasteiger partial charge in [-0.25, -0.2) is 0 Å². The van der Waals surface area contributed by atoms with Gasteiger partial charge in [-0.15, -0.1) is 0 Å². The fraction of sp³-hybridized carbons (Fsp3) is 0.900. The molecule has 0 aliphatic rings. The lowest BCUT2D eigenvalue weighted by Gasteiger charge is -2.39. The van der Waals surface area contributed by atoms with Crippen LogP contribution in [0.4, 0.5) is 4.79 Å². The number of carbonyl (C=O) groups is 1. The van der Waals surface area contributed by atoms with Crippen LogP contribution >= 0.6 is 0 Å². The molecule has 0 aromatic rings. The molecule has 0 saturated carbocycles. The zero-order chi connectivity index (χ0) is 10.9. The third-order valence-electron chi connectivity index (χ3n) is 2.75. The van der Waals surface area contributed by atoms with Crippen molar-refractivity contribution in [1.82, 2.24) is 0 Å². The fourth-order valence-electron chi connectivity index (χ4n) is 1.50. The quantitative estimate of drug-likeness (QED) is 0.615. The smallest absolute Gasteiger partial charge is 0.243 e. The van der Waals surface area contributed by atoms with Gasteiger partial charge < -0.3 is 4.74 Å². The van der Waals surface area contributed by atoms with Gasteiger partial charge in [-0.2, -0.15) is 0 Å². The van der Waals surface area contributed by atoms with Crippen LogP contribution in [-0.2, 0) is 4.74 Å². The molecule has 0 aromatic carbocycles. The van der Waals surface area contributed by atoms with E-state index in [1.165, 1.54) is 7.85 Å². The SMILES string of the molecule is BC(=O)OC(C)(C)C(C)C(C)(C)C. The van der Waals surface area contributed by atoms with Crippen LogP contribution in [0.3, 0.4) is 0 Å². The van der Waals surface area contributed by atoms with Crippen molar-refractivity contribution in [2.45, 2.75) is 47.1 Å². The molecule has 0 heterocycles. The Bertz CT molecular complexity index is 192. The Morgan fingerprint density at radius 2 is 1.62 bits per heavy atom. The second kappa shape index (κ2) is 3.73. The molecular formula is C10H21BO2. The minimum absolute atomic E-state index is 0.152. The average molecular weight is 184 g/mol. The molecule has 3 heteroatoms. The highest BCUT2D eigenvalue weighted by molar-refractivity contribution is 6.55. The van der Waals surface area contributed by atoms with Crippen LogP contribution in [0, 0.1) is 11.3 Å². The Balaban J connectivity index is 4.54. The molecule has 76 valence electrons. The van der Waals surface area contributed by atoms with Crippen LogP contribution in [0.25, 0.3) is 0 Å². The van der Waals surface area contributed by atoms with Crippen LogP contribution < -0.4 is 0 Å². The summed E-state index contributed by atoms with van der Waals surface area (Å²) >= 11 is 0. The van der Waals surface area contributed by atoms with E-state index in [2.05, 4.69) is 27.7 Å². The molecule has 0 radical (unpaired) electrons. The van der Waals surface area contributed by atoms with E-state index < -0.39 is 0 Å². The number of carbonyl (C=O) groups excluding carboxylic acids is 1. The monoisotopic (exact) mass is 184 g/mol. The van der Waals surface area contributed by atoms with Gasteiger partial charge in [0.1, 0.15) is 5.60 Å². The largest absolute Gasteiger partial charge is 0.468 e. The van der Waals surface area contributed by atoms with Crippen molar-refractivity contribution in [3.63, 3.8) is 0 Å². The first-order valence-corrected chi connectivity index (χ1v) is 4.77. The normalized spacial score (nSPS) is 15.2. The summed E-state index contributed by atoms with van der Waals surface area (Å²) in [6.45, 7) is 12.5. The first-order valence-electron chi connectivity index (χ1n) is 4.77. The highest BCUT2D eigenvalue weighted by Crippen LogP contribution is 2.36. The van der Waals surface area contributed by atoms with Gasteiger partial charge in [0.2, 0.25) is 13.7 Å². The number of hydrogen-bond acceptors (Lipinski definition) is 2. The van der Waals surface area contributed by atoms with Gasteiger partial charge in [0.25, 0.3) is 0 Å². The van der Waals surface area contributed by atoms with Crippen molar-refractivity contribution in [1.29, 1.82) is 0 Å². The molecule has 1 atom stereocenters. The minimum Gasteiger partial charge on any atom is -0.468 e. The zero-order valence-electron chi connectivity index (χ0n) is 9.89. The maximum absolute atomic E-state index is 10.9. The predicted molar refractivity (Wildman–Crippen MR) is 57.7 cm³/mol. The standard InChI is InChI=1S/C10H21BO2/c1-7(9(2,3)4)10(5,6)13-8(11)12/h7H,11H2,1-6H3. The van der Waals surface area contributed by atoms with Gasteiger partial charge in [0, 0.05) is 5.92 Å². The molecule has 0 aromatic heterocycles. The van der Waals surface area contributed by atoms with Crippen LogP contribution in [-0.4, -0.2) is 19.3 Å². The van der Waals surface area contributed by atoms with Crippen LogP contribution in [0.15, 0.2) is 0 Å². The maximum Gasteiger partial charge on any atom is 0.243 e. The summed E-state index contributed by atoms with van der Waals surface area (Å²) in [7, 11) is 1.46. The molecular weight excluding hydrogens is 163 g/mol. The number of ether oxygens (including phenoxy) is 1. The Kier molecular flexibility index (Phi) is 3.59. The third-order valence-corrected chi connectivity index (χ3v) is 2.75. The van der Waals surface area contributed by atoms with Gasteiger partial charge in [-0.1, -0.05) is 27.7 Å². The lowest BCUT2D eigenvalue weighted by molar-refractivity contribution is -0.0266. The summed E-state index contributed by atoms with van der Waals surface area (Å²) in [5.41, 5.74) is -0.233. The summed E-state index contributed by atoms with van der Waals surface area (Å²) < 4.78 is 5.29.